The number of hydrogen-bond donors (Lipinski definition) is 2. The van der Waals surface area contributed by atoms with E-state index in [0.29, 0.717) is 49.2 Å². The second-order valence-corrected chi connectivity index (χ2v) is 9.17. The Hall–Kier alpha value is -2.57. The van der Waals surface area contributed by atoms with Crippen LogP contribution in [0.2, 0.25) is 0 Å². The van der Waals surface area contributed by atoms with Crippen LogP contribution in [0.25, 0.3) is 10.9 Å². The van der Waals surface area contributed by atoms with Gasteiger partial charge >= 0.3 is 0 Å². The van der Waals surface area contributed by atoms with Crippen LogP contribution in [0, 0.1) is 5.82 Å². The molecule has 2 aliphatic rings. The number of halogens is 1. The molecule has 34 heavy (non-hydrogen) atoms. The molecule has 0 radical (unpaired) electrons. The van der Waals surface area contributed by atoms with Crippen LogP contribution in [0.1, 0.15) is 11.3 Å². The molecule has 180 valence electrons. The van der Waals surface area contributed by atoms with Gasteiger partial charge in [0, 0.05) is 35.7 Å². The van der Waals surface area contributed by atoms with Crippen molar-refractivity contribution in [3.63, 3.8) is 0 Å². The van der Waals surface area contributed by atoms with Gasteiger partial charge in [0.25, 0.3) is 0 Å². The number of methoxy groups -OCH3 is 1. The molecule has 9 nitrogen and oxygen atoms in total. The molecule has 2 aromatic heterocycles. The molecule has 11 heteroatoms. The van der Waals surface area contributed by atoms with Crippen LogP contribution >= 0.6 is 11.8 Å². The summed E-state index contributed by atoms with van der Waals surface area (Å²) in [6.07, 6.45) is -1.93. The van der Waals surface area contributed by atoms with E-state index in [1.54, 1.807) is 30.0 Å². The monoisotopic (exact) mass is 488 g/mol. The summed E-state index contributed by atoms with van der Waals surface area (Å²) in [5, 5.41) is 23.1. The van der Waals surface area contributed by atoms with Gasteiger partial charge in [0.2, 0.25) is 11.8 Å². The average molecular weight is 489 g/mol. The highest BCUT2D eigenvalue weighted by molar-refractivity contribution is 7.99. The van der Waals surface area contributed by atoms with E-state index in [0.717, 1.165) is 21.7 Å². The molecule has 4 heterocycles. The van der Waals surface area contributed by atoms with E-state index in [2.05, 4.69) is 20.5 Å². The van der Waals surface area contributed by atoms with Crippen molar-refractivity contribution in [1.29, 1.82) is 0 Å². The Balaban J connectivity index is 1.16. The number of aromatic nitrogens is 3. The number of rotatable bonds is 7. The SMILES string of the molecule is COc1ccc2ccc(F)c(C[C@H](O)C3OCC(NCc4cc5c(nn4)OCCS5)CO3)c2n1. The molecule has 0 saturated carbocycles. The fourth-order valence-corrected chi connectivity index (χ4v) is 4.73. The molecule has 0 unspecified atom stereocenters. The van der Waals surface area contributed by atoms with E-state index in [9.17, 15) is 9.50 Å². The molecule has 2 N–H and O–H groups in total. The Morgan fingerprint density at radius 1 is 1.24 bits per heavy atom. The minimum atomic E-state index is -1.06. The zero-order valence-corrected chi connectivity index (χ0v) is 19.4. The first-order chi connectivity index (χ1) is 16.6. The average Bonchev–Trinajstić information content (AvgIpc) is 2.89. The molecule has 2 aliphatic heterocycles. The molecule has 0 amide bonds. The van der Waals surface area contributed by atoms with Crippen LogP contribution in [0.3, 0.4) is 0 Å². The summed E-state index contributed by atoms with van der Waals surface area (Å²) in [5.74, 6) is 1.41. The van der Waals surface area contributed by atoms with Crippen LogP contribution < -0.4 is 14.8 Å². The van der Waals surface area contributed by atoms with E-state index in [1.807, 2.05) is 6.07 Å². The Morgan fingerprint density at radius 3 is 2.88 bits per heavy atom. The largest absolute Gasteiger partial charge is 0.481 e. The van der Waals surface area contributed by atoms with Gasteiger partial charge in [0.05, 0.1) is 49.1 Å². The lowest BCUT2D eigenvalue weighted by molar-refractivity contribution is -0.230. The molecule has 1 aromatic carbocycles. The zero-order chi connectivity index (χ0) is 23.5. The van der Waals surface area contributed by atoms with Crippen molar-refractivity contribution in [2.45, 2.75) is 36.3 Å². The molecule has 0 aliphatic carbocycles. The number of benzene rings is 1. The standard InChI is InChI=1S/C23H25FN4O5S/c1-30-20-5-3-13-2-4-17(24)16(21(13)26-20)9-18(29)23-32-11-15(12-33-23)25-10-14-8-19-22(28-27-14)31-6-7-34-19/h2-5,8,15,18,23,25,29H,6-7,9-12H2,1H3/t15?,18-,23?/m0/s1. The minimum Gasteiger partial charge on any atom is -0.481 e. The van der Waals surface area contributed by atoms with Gasteiger partial charge in [-0.1, -0.05) is 0 Å². The first-order valence-corrected chi connectivity index (χ1v) is 12.0. The zero-order valence-electron chi connectivity index (χ0n) is 18.6. The Labute approximate surface area is 200 Å². The molecule has 0 spiro atoms. The van der Waals surface area contributed by atoms with E-state index in [4.69, 9.17) is 18.9 Å². The maximum atomic E-state index is 14.6. The molecular weight excluding hydrogens is 463 g/mol. The summed E-state index contributed by atoms with van der Waals surface area (Å²) in [6.45, 7) is 1.82. The summed E-state index contributed by atoms with van der Waals surface area (Å²) >= 11 is 1.70. The maximum Gasteiger partial charge on any atom is 0.247 e. The third-order valence-electron chi connectivity index (χ3n) is 5.67. The van der Waals surface area contributed by atoms with Gasteiger partial charge in [-0.05, 0) is 24.3 Å². The highest BCUT2D eigenvalue weighted by atomic mass is 32.2. The number of aliphatic hydroxyl groups excluding tert-OH is 1. The lowest BCUT2D eigenvalue weighted by Gasteiger charge is -2.32. The van der Waals surface area contributed by atoms with Crippen LogP contribution in [0.4, 0.5) is 4.39 Å². The van der Waals surface area contributed by atoms with Gasteiger partial charge in [0.15, 0.2) is 6.29 Å². The van der Waals surface area contributed by atoms with Crippen molar-refractivity contribution >= 4 is 22.7 Å². The Kier molecular flexibility index (Phi) is 7.07. The highest BCUT2D eigenvalue weighted by Gasteiger charge is 2.29. The summed E-state index contributed by atoms with van der Waals surface area (Å²) in [6, 6.07) is 8.43. The lowest BCUT2D eigenvalue weighted by Crippen LogP contribution is -2.48. The maximum absolute atomic E-state index is 14.6. The third kappa shape index (κ3) is 5.08. The van der Waals surface area contributed by atoms with Crippen LogP contribution in [-0.2, 0) is 22.4 Å². The van der Waals surface area contributed by atoms with Crippen molar-refractivity contribution in [3.05, 3.63) is 47.4 Å². The normalized spacial score (nSPS) is 21.0. The number of nitrogens with zero attached hydrogens (tertiary/aromatic N) is 3. The topological polar surface area (TPSA) is 108 Å². The molecular formula is C23H25FN4O5S. The molecule has 5 rings (SSSR count). The van der Waals surface area contributed by atoms with Gasteiger partial charge in [-0.3, -0.25) is 0 Å². The van der Waals surface area contributed by atoms with Crippen LogP contribution in [0.15, 0.2) is 35.2 Å². The summed E-state index contributed by atoms with van der Waals surface area (Å²) in [5.41, 5.74) is 1.54. The summed E-state index contributed by atoms with van der Waals surface area (Å²) in [7, 11) is 1.50. The van der Waals surface area contributed by atoms with Gasteiger partial charge in [-0.15, -0.1) is 16.9 Å². The third-order valence-corrected chi connectivity index (χ3v) is 6.65. The van der Waals surface area contributed by atoms with Gasteiger partial charge in [-0.2, -0.15) is 5.10 Å². The lowest BCUT2D eigenvalue weighted by atomic mass is 10.0. The van der Waals surface area contributed by atoms with Gasteiger partial charge in [-0.25, -0.2) is 9.37 Å². The number of fused-ring (bicyclic) bond motifs is 2. The summed E-state index contributed by atoms with van der Waals surface area (Å²) in [4.78, 5) is 5.35. The van der Waals surface area contributed by atoms with Crippen LogP contribution in [0.5, 0.6) is 11.8 Å². The number of hydrogen-bond acceptors (Lipinski definition) is 10. The van der Waals surface area contributed by atoms with Gasteiger partial charge in [0.1, 0.15) is 11.9 Å². The quantitative estimate of drug-likeness (QED) is 0.513. The smallest absolute Gasteiger partial charge is 0.247 e. The van der Waals surface area contributed by atoms with E-state index < -0.39 is 18.2 Å². The van der Waals surface area contributed by atoms with E-state index in [-0.39, 0.29) is 12.5 Å². The molecule has 3 aromatic rings. The molecule has 1 saturated heterocycles. The Morgan fingerprint density at radius 2 is 2.06 bits per heavy atom. The highest BCUT2D eigenvalue weighted by Crippen LogP contribution is 2.31. The van der Waals surface area contributed by atoms with E-state index >= 15 is 0 Å². The first kappa shape index (κ1) is 23.2. The first-order valence-electron chi connectivity index (χ1n) is 11.0. The van der Waals surface area contributed by atoms with Crippen LogP contribution in [-0.4, -0.2) is 71.4 Å². The predicted molar refractivity (Wildman–Crippen MR) is 123 cm³/mol. The molecule has 1 atom stereocenters. The van der Waals surface area contributed by atoms with E-state index in [1.165, 1.54) is 13.2 Å². The van der Waals surface area contributed by atoms with Crippen molar-refractivity contribution in [1.82, 2.24) is 20.5 Å². The van der Waals surface area contributed by atoms with Crippen molar-refractivity contribution in [3.8, 4) is 11.8 Å². The summed E-state index contributed by atoms with van der Waals surface area (Å²) < 4.78 is 36.7. The van der Waals surface area contributed by atoms with Crippen molar-refractivity contribution in [2.75, 3.05) is 32.7 Å². The van der Waals surface area contributed by atoms with Gasteiger partial charge < -0.3 is 29.4 Å². The number of thioether (sulfide) groups is 1. The number of ether oxygens (including phenoxy) is 4. The fraction of sp³-hybridized carbons (Fsp3) is 0.435. The van der Waals surface area contributed by atoms with Crippen molar-refractivity contribution in [2.24, 2.45) is 0 Å². The predicted octanol–water partition coefficient (Wildman–Crippen LogP) is 2.09. The minimum absolute atomic E-state index is 0.00342. The molecule has 1 fully saturated rings. The van der Waals surface area contributed by atoms with Crippen molar-refractivity contribution < 1.29 is 28.4 Å². The Bertz CT molecular complexity index is 1160. The number of nitrogens with one attached hydrogen (secondary N) is 1. The number of pyridine rings is 1. The number of aliphatic hydroxyl groups is 1. The fourth-order valence-electron chi connectivity index (χ4n) is 3.91. The second-order valence-electron chi connectivity index (χ2n) is 8.04. The second kappa shape index (κ2) is 10.4. The molecule has 0 bridgehead atoms.